The number of methoxy groups -OCH3 is 1. The van der Waals surface area contributed by atoms with Gasteiger partial charge in [0.05, 0.1) is 12.7 Å². The molecule has 18 heavy (non-hydrogen) atoms. The van der Waals surface area contributed by atoms with Crippen molar-refractivity contribution in [2.24, 2.45) is 5.73 Å². The second-order valence-electron chi connectivity index (χ2n) is 3.43. The minimum absolute atomic E-state index is 0.0818. The smallest absolute Gasteiger partial charge is 0.271 e. The van der Waals surface area contributed by atoms with E-state index in [0.717, 1.165) is 6.07 Å². The number of primary amides is 1. The third kappa shape index (κ3) is 1.79. The zero-order valence-corrected chi connectivity index (χ0v) is 9.34. The van der Waals surface area contributed by atoms with Gasteiger partial charge in [-0.2, -0.15) is 15.4 Å². The Morgan fingerprint density at radius 1 is 1.33 bits per heavy atom. The van der Waals surface area contributed by atoms with Crippen LogP contribution in [0.25, 0.3) is 11.3 Å². The summed E-state index contributed by atoms with van der Waals surface area (Å²) in [5.74, 6) is -1.17. The Balaban J connectivity index is 2.63. The Labute approximate surface area is 101 Å². The van der Waals surface area contributed by atoms with Crippen molar-refractivity contribution in [2.75, 3.05) is 7.11 Å². The maximum atomic E-state index is 11.1. The minimum atomic E-state index is -0.787. The molecule has 0 unspecified atom stereocenters. The minimum Gasteiger partial charge on any atom is -0.507 e. The molecular formula is C10H10N4O4. The Hall–Kier alpha value is -2.77. The van der Waals surface area contributed by atoms with Crippen molar-refractivity contribution in [3.8, 4) is 28.5 Å². The lowest BCUT2D eigenvalue weighted by Gasteiger charge is -2.07. The second kappa shape index (κ2) is 4.24. The number of aromatic amines is 1. The number of ether oxygens (including phenoxy) is 1. The summed E-state index contributed by atoms with van der Waals surface area (Å²) < 4.78 is 4.90. The van der Waals surface area contributed by atoms with Crippen LogP contribution in [0, 0.1) is 0 Å². The van der Waals surface area contributed by atoms with E-state index in [2.05, 4.69) is 15.4 Å². The molecule has 0 atom stereocenters. The highest BCUT2D eigenvalue weighted by Crippen LogP contribution is 2.38. The van der Waals surface area contributed by atoms with E-state index in [1.807, 2.05) is 0 Å². The number of hydrogen-bond acceptors (Lipinski definition) is 6. The summed E-state index contributed by atoms with van der Waals surface area (Å²) >= 11 is 0. The van der Waals surface area contributed by atoms with E-state index in [1.54, 1.807) is 0 Å². The molecule has 8 nitrogen and oxygen atoms in total. The van der Waals surface area contributed by atoms with E-state index in [-0.39, 0.29) is 34.2 Å². The number of nitrogens with two attached hydrogens (primary N) is 1. The molecule has 5 N–H and O–H groups in total. The highest BCUT2D eigenvalue weighted by atomic mass is 16.5. The molecule has 1 amide bonds. The molecule has 8 heteroatoms. The molecule has 0 saturated carbocycles. The lowest BCUT2D eigenvalue weighted by atomic mass is 10.1. The van der Waals surface area contributed by atoms with Crippen LogP contribution in [-0.2, 0) is 0 Å². The average molecular weight is 250 g/mol. The van der Waals surface area contributed by atoms with Gasteiger partial charge in [-0.1, -0.05) is 0 Å². The molecule has 1 heterocycles. The van der Waals surface area contributed by atoms with Crippen LogP contribution in [0.15, 0.2) is 12.1 Å². The topological polar surface area (TPSA) is 134 Å². The molecule has 2 rings (SSSR count). The number of H-pyrrole nitrogens is 1. The van der Waals surface area contributed by atoms with Gasteiger partial charge >= 0.3 is 0 Å². The highest BCUT2D eigenvalue weighted by molar-refractivity contribution is 5.97. The van der Waals surface area contributed by atoms with Crippen molar-refractivity contribution in [1.29, 1.82) is 0 Å². The number of carbonyl (C=O) groups excluding carboxylic acids is 1. The molecule has 0 aliphatic rings. The van der Waals surface area contributed by atoms with Gasteiger partial charge in [0.1, 0.15) is 11.4 Å². The van der Waals surface area contributed by atoms with Crippen molar-refractivity contribution in [2.45, 2.75) is 0 Å². The molecule has 0 fully saturated rings. The monoisotopic (exact) mass is 250 g/mol. The summed E-state index contributed by atoms with van der Waals surface area (Å²) in [6, 6.07) is 2.41. The van der Waals surface area contributed by atoms with Crippen molar-refractivity contribution in [1.82, 2.24) is 15.4 Å². The van der Waals surface area contributed by atoms with Gasteiger partial charge in [-0.15, -0.1) is 0 Å². The first-order valence-electron chi connectivity index (χ1n) is 4.85. The van der Waals surface area contributed by atoms with Gasteiger partial charge in [0.15, 0.2) is 17.2 Å². The summed E-state index contributed by atoms with van der Waals surface area (Å²) in [5, 5.41) is 28.8. The van der Waals surface area contributed by atoms with Gasteiger partial charge in [-0.25, -0.2) is 0 Å². The quantitative estimate of drug-likeness (QED) is 0.605. The van der Waals surface area contributed by atoms with E-state index < -0.39 is 5.91 Å². The summed E-state index contributed by atoms with van der Waals surface area (Å²) in [6.45, 7) is 0. The van der Waals surface area contributed by atoms with Crippen LogP contribution < -0.4 is 10.5 Å². The van der Waals surface area contributed by atoms with Gasteiger partial charge in [0.25, 0.3) is 5.91 Å². The zero-order valence-electron chi connectivity index (χ0n) is 9.34. The highest BCUT2D eigenvalue weighted by Gasteiger charge is 2.20. The van der Waals surface area contributed by atoms with E-state index in [4.69, 9.17) is 10.5 Å². The number of carbonyl (C=O) groups is 1. The van der Waals surface area contributed by atoms with E-state index in [1.165, 1.54) is 13.2 Å². The van der Waals surface area contributed by atoms with Crippen LogP contribution in [0.3, 0.4) is 0 Å². The third-order valence-electron chi connectivity index (χ3n) is 2.33. The van der Waals surface area contributed by atoms with Crippen LogP contribution in [0.2, 0.25) is 0 Å². The molecule has 0 saturated heterocycles. The van der Waals surface area contributed by atoms with E-state index >= 15 is 0 Å². The van der Waals surface area contributed by atoms with Gasteiger partial charge in [-0.05, 0) is 6.07 Å². The first-order chi connectivity index (χ1) is 8.54. The standard InChI is InChI=1S/C10H10N4O4/c1-18-7-2-4(5(15)3-6(7)16)8-9(10(11)17)13-14-12-8/h2-3,15-16H,1H3,(H2,11,17)(H,12,13,14). The maximum absolute atomic E-state index is 11.1. The van der Waals surface area contributed by atoms with Crippen LogP contribution >= 0.6 is 0 Å². The molecule has 1 aromatic heterocycles. The number of benzene rings is 1. The molecular weight excluding hydrogens is 240 g/mol. The Bertz CT molecular complexity index is 608. The molecule has 1 aromatic carbocycles. The fraction of sp³-hybridized carbons (Fsp3) is 0.100. The number of rotatable bonds is 3. The maximum Gasteiger partial charge on any atom is 0.271 e. The van der Waals surface area contributed by atoms with Gasteiger partial charge in [0.2, 0.25) is 0 Å². The number of hydrogen-bond donors (Lipinski definition) is 4. The Kier molecular flexibility index (Phi) is 2.76. The van der Waals surface area contributed by atoms with Crippen molar-refractivity contribution < 1.29 is 19.7 Å². The van der Waals surface area contributed by atoms with E-state index in [9.17, 15) is 15.0 Å². The lowest BCUT2D eigenvalue weighted by molar-refractivity contribution is 0.0996. The van der Waals surface area contributed by atoms with Crippen LogP contribution in [-0.4, -0.2) is 38.6 Å². The summed E-state index contributed by atoms with van der Waals surface area (Å²) in [6.07, 6.45) is 0. The molecule has 0 aliphatic heterocycles. The molecule has 0 bridgehead atoms. The number of aromatic hydroxyl groups is 2. The average Bonchev–Trinajstić information content (AvgIpc) is 2.78. The van der Waals surface area contributed by atoms with Crippen molar-refractivity contribution in [3.63, 3.8) is 0 Å². The number of nitrogens with one attached hydrogen (secondary N) is 1. The van der Waals surface area contributed by atoms with E-state index in [0.29, 0.717) is 0 Å². The molecule has 2 aromatic rings. The molecule has 0 radical (unpaired) electrons. The summed E-state index contributed by atoms with van der Waals surface area (Å²) in [4.78, 5) is 11.1. The van der Waals surface area contributed by atoms with Crippen molar-refractivity contribution in [3.05, 3.63) is 17.8 Å². The Morgan fingerprint density at radius 3 is 2.67 bits per heavy atom. The number of nitrogens with zero attached hydrogens (tertiary/aromatic N) is 2. The first-order valence-corrected chi connectivity index (χ1v) is 4.85. The van der Waals surface area contributed by atoms with Crippen LogP contribution in [0.5, 0.6) is 17.2 Å². The summed E-state index contributed by atoms with van der Waals surface area (Å²) in [7, 11) is 1.35. The Morgan fingerprint density at radius 2 is 2.06 bits per heavy atom. The fourth-order valence-corrected chi connectivity index (χ4v) is 1.50. The fourth-order valence-electron chi connectivity index (χ4n) is 1.50. The molecule has 0 aliphatic carbocycles. The largest absolute Gasteiger partial charge is 0.507 e. The summed E-state index contributed by atoms with van der Waals surface area (Å²) in [5.41, 5.74) is 5.27. The predicted octanol–water partition coefficient (Wildman–Crippen LogP) is -0.00960. The number of aromatic nitrogens is 3. The molecule has 94 valence electrons. The number of phenols is 2. The second-order valence-corrected chi connectivity index (χ2v) is 3.43. The first kappa shape index (κ1) is 11.7. The number of phenolic OH excluding ortho intramolecular Hbond substituents is 2. The van der Waals surface area contributed by atoms with Gasteiger partial charge in [-0.3, -0.25) is 4.79 Å². The normalized spacial score (nSPS) is 10.3. The molecule has 0 spiro atoms. The SMILES string of the molecule is COc1cc(-c2n[nH]nc2C(N)=O)c(O)cc1O. The van der Waals surface area contributed by atoms with Crippen LogP contribution in [0.4, 0.5) is 0 Å². The van der Waals surface area contributed by atoms with Gasteiger partial charge < -0.3 is 20.7 Å². The predicted molar refractivity (Wildman–Crippen MR) is 60.2 cm³/mol. The number of amides is 1. The zero-order chi connectivity index (χ0) is 13.3. The van der Waals surface area contributed by atoms with Crippen molar-refractivity contribution >= 4 is 5.91 Å². The van der Waals surface area contributed by atoms with Gasteiger partial charge in [0, 0.05) is 6.07 Å². The lowest BCUT2D eigenvalue weighted by Crippen LogP contribution is -2.12. The van der Waals surface area contributed by atoms with Crippen LogP contribution in [0.1, 0.15) is 10.5 Å². The third-order valence-corrected chi connectivity index (χ3v) is 2.33.